The van der Waals surface area contributed by atoms with E-state index in [9.17, 15) is 0 Å². The number of aryl methyl sites for hydroxylation is 1. The van der Waals surface area contributed by atoms with E-state index in [1.165, 1.54) is 35.2 Å². The van der Waals surface area contributed by atoms with Gasteiger partial charge in [0.25, 0.3) is 0 Å². The Morgan fingerprint density at radius 2 is 2.20 bits per heavy atom. The standard InChI is InChI=1S/C16H23N3S/c1-3-7-17-14(11-5-6-11)9-15-13-8-12(4-2)20-16(13)19-10-18-15/h8,10-11,14,17H,3-7,9H2,1-2H3. The Hall–Kier alpha value is -1.00. The van der Waals surface area contributed by atoms with Gasteiger partial charge in [0.2, 0.25) is 0 Å². The SMILES string of the molecule is CCCNC(Cc1ncnc2sc(CC)cc12)C1CC1. The molecule has 1 unspecified atom stereocenters. The zero-order valence-electron chi connectivity index (χ0n) is 12.4. The third-order valence-corrected chi connectivity index (χ3v) is 5.26. The highest BCUT2D eigenvalue weighted by Gasteiger charge is 2.31. The van der Waals surface area contributed by atoms with Gasteiger partial charge in [-0.1, -0.05) is 13.8 Å². The second kappa shape index (κ2) is 6.19. The van der Waals surface area contributed by atoms with Crippen LogP contribution in [0.15, 0.2) is 12.4 Å². The molecule has 2 aromatic rings. The molecule has 4 heteroatoms. The van der Waals surface area contributed by atoms with Crippen molar-refractivity contribution in [2.45, 2.75) is 52.0 Å². The van der Waals surface area contributed by atoms with Crippen molar-refractivity contribution in [2.75, 3.05) is 6.54 Å². The fraction of sp³-hybridized carbons (Fsp3) is 0.625. The third kappa shape index (κ3) is 3.01. The van der Waals surface area contributed by atoms with E-state index in [-0.39, 0.29) is 0 Å². The highest BCUT2D eigenvalue weighted by atomic mass is 32.1. The molecule has 1 atom stereocenters. The molecule has 1 aliphatic carbocycles. The Kier molecular flexibility index (Phi) is 4.32. The Bertz CT molecular complexity index is 574. The van der Waals surface area contributed by atoms with Crippen molar-refractivity contribution in [1.29, 1.82) is 0 Å². The molecule has 108 valence electrons. The van der Waals surface area contributed by atoms with Crippen LogP contribution in [0, 0.1) is 5.92 Å². The molecular formula is C16H23N3S. The number of hydrogen-bond donors (Lipinski definition) is 1. The number of fused-ring (bicyclic) bond motifs is 1. The molecule has 20 heavy (non-hydrogen) atoms. The Morgan fingerprint density at radius 3 is 2.90 bits per heavy atom. The zero-order valence-corrected chi connectivity index (χ0v) is 13.2. The molecule has 1 N–H and O–H groups in total. The maximum absolute atomic E-state index is 4.57. The topological polar surface area (TPSA) is 37.8 Å². The smallest absolute Gasteiger partial charge is 0.127 e. The largest absolute Gasteiger partial charge is 0.313 e. The Labute approximate surface area is 124 Å². The van der Waals surface area contributed by atoms with Crippen molar-refractivity contribution in [3.05, 3.63) is 23.0 Å². The first kappa shape index (κ1) is 14.0. The van der Waals surface area contributed by atoms with Gasteiger partial charge in [0.15, 0.2) is 0 Å². The summed E-state index contributed by atoms with van der Waals surface area (Å²) in [6.07, 6.45) is 7.81. The fourth-order valence-electron chi connectivity index (χ4n) is 2.73. The van der Waals surface area contributed by atoms with E-state index in [1.54, 1.807) is 6.33 Å². The minimum Gasteiger partial charge on any atom is -0.313 e. The van der Waals surface area contributed by atoms with Crippen LogP contribution in [0.3, 0.4) is 0 Å². The van der Waals surface area contributed by atoms with E-state index < -0.39 is 0 Å². The van der Waals surface area contributed by atoms with E-state index in [1.807, 2.05) is 11.3 Å². The van der Waals surface area contributed by atoms with Gasteiger partial charge in [0.05, 0.1) is 5.69 Å². The highest BCUT2D eigenvalue weighted by Crippen LogP contribution is 2.35. The van der Waals surface area contributed by atoms with Crippen molar-refractivity contribution < 1.29 is 0 Å². The molecule has 2 heterocycles. The molecule has 1 fully saturated rings. The van der Waals surface area contributed by atoms with Gasteiger partial charge < -0.3 is 5.32 Å². The average molecular weight is 289 g/mol. The molecule has 0 spiro atoms. The van der Waals surface area contributed by atoms with Crippen LogP contribution in [-0.4, -0.2) is 22.6 Å². The predicted octanol–water partition coefficient (Wildman–Crippen LogP) is 3.57. The van der Waals surface area contributed by atoms with Gasteiger partial charge in [0.1, 0.15) is 11.2 Å². The van der Waals surface area contributed by atoms with E-state index in [2.05, 4.69) is 35.2 Å². The van der Waals surface area contributed by atoms with Crippen LogP contribution in [0.5, 0.6) is 0 Å². The summed E-state index contributed by atoms with van der Waals surface area (Å²) in [4.78, 5) is 11.6. The van der Waals surface area contributed by atoms with Gasteiger partial charge in [-0.25, -0.2) is 9.97 Å². The molecule has 1 saturated carbocycles. The maximum Gasteiger partial charge on any atom is 0.127 e. The first-order valence-corrected chi connectivity index (χ1v) is 8.59. The first-order valence-electron chi connectivity index (χ1n) is 7.77. The zero-order chi connectivity index (χ0) is 13.9. The van der Waals surface area contributed by atoms with Crippen LogP contribution in [0.1, 0.15) is 43.7 Å². The third-order valence-electron chi connectivity index (χ3n) is 4.07. The average Bonchev–Trinajstić information content (AvgIpc) is 3.22. The van der Waals surface area contributed by atoms with E-state index >= 15 is 0 Å². The predicted molar refractivity (Wildman–Crippen MR) is 85.3 cm³/mol. The molecule has 0 aliphatic heterocycles. The van der Waals surface area contributed by atoms with Gasteiger partial charge in [-0.15, -0.1) is 11.3 Å². The normalized spacial score (nSPS) is 16.7. The summed E-state index contributed by atoms with van der Waals surface area (Å²) in [6, 6.07) is 2.89. The van der Waals surface area contributed by atoms with E-state index in [0.717, 1.165) is 30.1 Å². The lowest BCUT2D eigenvalue weighted by molar-refractivity contribution is 0.457. The van der Waals surface area contributed by atoms with Crippen LogP contribution in [0.4, 0.5) is 0 Å². The van der Waals surface area contributed by atoms with Crippen molar-refractivity contribution in [2.24, 2.45) is 5.92 Å². The van der Waals surface area contributed by atoms with Crippen LogP contribution >= 0.6 is 11.3 Å². The number of rotatable bonds is 7. The highest BCUT2D eigenvalue weighted by molar-refractivity contribution is 7.18. The number of aromatic nitrogens is 2. The lowest BCUT2D eigenvalue weighted by Crippen LogP contribution is -2.34. The number of nitrogens with zero attached hydrogens (tertiary/aromatic N) is 2. The quantitative estimate of drug-likeness (QED) is 0.846. The molecule has 0 saturated heterocycles. The van der Waals surface area contributed by atoms with E-state index in [0.29, 0.717) is 6.04 Å². The van der Waals surface area contributed by atoms with Crippen molar-refractivity contribution in [1.82, 2.24) is 15.3 Å². The summed E-state index contributed by atoms with van der Waals surface area (Å²) in [5, 5.41) is 4.98. The minimum atomic E-state index is 0.595. The summed E-state index contributed by atoms with van der Waals surface area (Å²) in [7, 11) is 0. The van der Waals surface area contributed by atoms with Gasteiger partial charge in [-0.05, 0) is 44.2 Å². The first-order chi connectivity index (χ1) is 9.81. The molecule has 3 nitrogen and oxygen atoms in total. The molecular weight excluding hydrogens is 266 g/mol. The second-order valence-electron chi connectivity index (χ2n) is 5.71. The Morgan fingerprint density at radius 1 is 1.35 bits per heavy atom. The van der Waals surface area contributed by atoms with Crippen LogP contribution in [-0.2, 0) is 12.8 Å². The summed E-state index contributed by atoms with van der Waals surface area (Å²) in [5.74, 6) is 0.857. The molecule has 1 aliphatic rings. The van der Waals surface area contributed by atoms with Crippen LogP contribution in [0.25, 0.3) is 10.2 Å². The maximum atomic E-state index is 4.57. The number of nitrogens with one attached hydrogen (secondary N) is 1. The van der Waals surface area contributed by atoms with Gasteiger partial charge in [-0.3, -0.25) is 0 Å². The molecule has 2 aromatic heterocycles. The van der Waals surface area contributed by atoms with Gasteiger partial charge >= 0.3 is 0 Å². The summed E-state index contributed by atoms with van der Waals surface area (Å²) in [5.41, 5.74) is 1.23. The van der Waals surface area contributed by atoms with E-state index in [4.69, 9.17) is 0 Å². The van der Waals surface area contributed by atoms with Crippen molar-refractivity contribution >= 4 is 21.6 Å². The molecule has 3 rings (SSSR count). The monoisotopic (exact) mass is 289 g/mol. The molecule has 0 radical (unpaired) electrons. The molecule has 0 bridgehead atoms. The molecule has 0 amide bonds. The molecule has 0 aromatic carbocycles. The number of thiophene rings is 1. The lowest BCUT2D eigenvalue weighted by Gasteiger charge is -2.17. The fourth-order valence-corrected chi connectivity index (χ4v) is 3.69. The van der Waals surface area contributed by atoms with Crippen molar-refractivity contribution in [3.63, 3.8) is 0 Å². The lowest BCUT2D eigenvalue weighted by atomic mass is 10.0. The summed E-state index contributed by atoms with van der Waals surface area (Å²) < 4.78 is 0. The van der Waals surface area contributed by atoms with Crippen LogP contribution in [0.2, 0.25) is 0 Å². The van der Waals surface area contributed by atoms with Gasteiger partial charge in [0, 0.05) is 22.7 Å². The number of hydrogen-bond acceptors (Lipinski definition) is 4. The summed E-state index contributed by atoms with van der Waals surface area (Å²) in [6.45, 7) is 5.54. The Balaban J connectivity index is 1.83. The van der Waals surface area contributed by atoms with Crippen LogP contribution < -0.4 is 5.32 Å². The van der Waals surface area contributed by atoms with Crippen molar-refractivity contribution in [3.8, 4) is 0 Å². The second-order valence-corrected chi connectivity index (χ2v) is 6.82. The summed E-state index contributed by atoms with van der Waals surface area (Å²) >= 11 is 1.81. The van der Waals surface area contributed by atoms with Gasteiger partial charge in [-0.2, -0.15) is 0 Å². The minimum absolute atomic E-state index is 0.595.